The van der Waals surface area contributed by atoms with Crippen LogP contribution in [0.4, 0.5) is 9.59 Å². The number of carbonyl (C=O) groups is 4. The molecule has 6 rings (SSSR count). The molecule has 0 saturated carbocycles. The van der Waals surface area contributed by atoms with E-state index in [-0.39, 0.29) is 29.8 Å². The minimum Gasteiger partial charge on any atom is -0.509 e. The second-order valence-corrected chi connectivity index (χ2v) is 15.2. The number of aliphatic hydroxyl groups is 1. The highest BCUT2D eigenvalue weighted by Gasteiger charge is 2.50. The van der Waals surface area contributed by atoms with Crippen molar-refractivity contribution in [2.45, 2.75) is 64.5 Å². The predicted octanol–water partition coefficient (Wildman–Crippen LogP) is 7.71. The maximum atomic E-state index is 12.9. The molecule has 2 aromatic rings. The maximum Gasteiger partial charge on any atom is 0.414 e. The van der Waals surface area contributed by atoms with Crippen molar-refractivity contribution in [3.8, 4) is 0 Å². The van der Waals surface area contributed by atoms with E-state index in [2.05, 4.69) is 22.2 Å². The summed E-state index contributed by atoms with van der Waals surface area (Å²) in [4.78, 5) is 50.1. The third-order valence-electron chi connectivity index (χ3n) is 9.26. The summed E-state index contributed by atoms with van der Waals surface area (Å²) in [5, 5.41) is 17.0. The summed E-state index contributed by atoms with van der Waals surface area (Å²) >= 11 is 22.3. The van der Waals surface area contributed by atoms with E-state index >= 15 is 0 Å². The maximum absolute atomic E-state index is 12.9. The van der Waals surface area contributed by atoms with Gasteiger partial charge in [-0.15, -0.1) is 11.6 Å². The van der Waals surface area contributed by atoms with Crippen LogP contribution in [0.25, 0.3) is 11.1 Å². The Hall–Kier alpha value is -3.52. The van der Waals surface area contributed by atoms with E-state index in [9.17, 15) is 24.3 Å². The number of nitrogens with zero attached hydrogens (tertiary/aromatic N) is 2. The molecule has 4 aliphatic heterocycles. The molecule has 2 spiro atoms. The van der Waals surface area contributed by atoms with E-state index < -0.39 is 22.5 Å². The SMILES string of the molecule is CCl.CN(C)C(=O)Cl.Cc1cc(C)c(C2=C(O)C3(CCCOC3)NC2=O)c(Cl)c1.Cc1cc(C)c(C2=C(OC(=O)N(C)C)C3(CCCOC3)NC2=O)c(Cl)c1. The fraction of sp³-hybridized carbons (Fsp3) is 0.487. The lowest BCUT2D eigenvalue weighted by Crippen LogP contribution is -2.51. The summed E-state index contributed by atoms with van der Waals surface area (Å²) in [6, 6.07) is 7.52. The van der Waals surface area contributed by atoms with Gasteiger partial charge >= 0.3 is 11.5 Å². The minimum atomic E-state index is -0.836. The average Bonchev–Trinajstić information content (AvgIpc) is 3.49. The Kier molecular flexibility index (Phi) is 16.3. The van der Waals surface area contributed by atoms with Gasteiger partial charge in [-0.05, 0) is 99.4 Å². The predicted molar refractivity (Wildman–Crippen MR) is 217 cm³/mol. The van der Waals surface area contributed by atoms with Crippen LogP contribution in [0.1, 0.15) is 59.1 Å². The molecule has 2 fully saturated rings. The summed E-state index contributed by atoms with van der Waals surface area (Å²) in [6.07, 6.45) is 3.81. The van der Waals surface area contributed by atoms with Gasteiger partial charge in [0, 0.05) is 69.0 Å². The van der Waals surface area contributed by atoms with E-state index in [1.165, 1.54) is 16.2 Å². The van der Waals surface area contributed by atoms with Crippen LogP contribution in [0, 0.1) is 27.7 Å². The number of halogens is 4. The Morgan fingerprint density at radius 3 is 1.56 bits per heavy atom. The quantitative estimate of drug-likeness (QED) is 0.162. The van der Waals surface area contributed by atoms with Crippen molar-refractivity contribution in [1.29, 1.82) is 0 Å². The van der Waals surface area contributed by atoms with E-state index in [4.69, 9.17) is 49.0 Å². The number of aliphatic hydroxyl groups excluding tert-OH is 1. The van der Waals surface area contributed by atoms with Gasteiger partial charge in [0.25, 0.3) is 11.8 Å². The van der Waals surface area contributed by atoms with Gasteiger partial charge in [-0.2, -0.15) is 0 Å². The van der Waals surface area contributed by atoms with Gasteiger partial charge in [0.1, 0.15) is 16.8 Å². The molecule has 2 atom stereocenters. The lowest BCUT2D eigenvalue weighted by atomic mass is 9.89. The fourth-order valence-corrected chi connectivity index (χ4v) is 7.60. The summed E-state index contributed by atoms with van der Waals surface area (Å²) in [5.41, 5.74) is 3.93. The highest BCUT2D eigenvalue weighted by atomic mass is 35.5. The number of ether oxygens (including phenoxy) is 3. The highest BCUT2D eigenvalue weighted by molar-refractivity contribution is 6.62. The van der Waals surface area contributed by atoms with Crippen LogP contribution in [-0.2, 0) is 23.8 Å². The lowest BCUT2D eigenvalue weighted by Gasteiger charge is -2.35. The summed E-state index contributed by atoms with van der Waals surface area (Å²) in [5.74, 6) is -0.228. The molecule has 4 aliphatic rings. The zero-order valence-corrected chi connectivity index (χ0v) is 35.7. The molecule has 3 N–H and O–H groups in total. The fourth-order valence-electron chi connectivity index (χ4n) is 6.77. The topological polar surface area (TPSA) is 147 Å². The first-order valence-corrected chi connectivity index (χ1v) is 19.4. The first-order valence-electron chi connectivity index (χ1n) is 17.5. The van der Waals surface area contributed by atoms with E-state index in [1.807, 2.05) is 39.8 Å². The molecule has 2 saturated heterocycles. The van der Waals surface area contributed by atoms with Crippen LogP contribution in [0.2, 0.25) is 10.0 Å². The van der Waals surface area contributed by atoms with E-state index in [1.54, 1.807) is 40.3 Å². The lowest BCUT2D eigenvalue weighted by molar-refractivity contribution is -0.118. The Bertz CT molecular complexity index is 1800. The number of amides is 4. The number of nitrogens with one attached hydrogen (secondary N) is 2. The average molecular weight is 845 g/mol. The summed E-state index contributed by atoms with van der Waals surface area (Å²) in [6.45, 7) is 9.51. The first kappa shape index (κ1) is 45.9. The molecule has 12 nitrogen and oxygen atoms in total. The Balaban J connectivity index is 0.000000251. The van der Waals surface area contributed by atoms with Gasteiger partial charge in [0.15, 0.2) is 5.76 Å². The van der Waals surface area contributed by atoms with Gasteiger partial charge in [-0.1, -0.05) is 35.3 Å². The number of aryl methyl sites for hydroxylation is 4. The van der Waals surface area contributed by atoms with E-state index in [0.717, 1.165) is 35.1 Å². The second kappa shape index (κ2) is 19.6. The molecule has 0 aliphatic carbocycles. The van der Waals surface area contributed by atoms with E-state index in [0.29, 0.717) is 65.2 Å². The summed E-state index contributed by atoms with van der Waals surface area (Å²) < 4.78 is 16.7. The van der Waals surface area contributed by atoms with Crippen molar-refractivity contribution in [2.24, 2.45) is 0 Å². The second-order valence-electron chi connectivity index (χ2n) is 14.1. The third kappa shape index (κ3) is 10.5. The molecule has 16 heteroatoms. The molecule has 0 bridgehead atoms. The Morgan fingerprint density at radius 2 is 1.16 bits per heavy atom. The normalized spacial score (nSPS) is 21.4. The summed E-state index contributed by atoms with van der Waals surface area (Å²) in [7, 11) is 6.38. The molecular formula is C39H50Cl4N4O8. The molecule has 0 radical (unpaired) electrons. The zero-order chi connectivity index (χ0) is 41.4. The molecule has 2 aromatic carbocycles. The molecule has 4 amide bonds. The number of benzene rings is 2. The van der Waals surface area contributed by atoms with Crippen LogP contribution in [0.15, 0.2) is 35.8 Å². The Labute approximate surface area is 343 Å². The third-order valence-corrected chi connectivity index (χ3v) is 10.2. The van der Waals surface area contributed by atoms with Gasteiger partial charge in [0.05, 0.1) is 24.4 Å². The molecule has 302 valence electrons. The van der Waals surface area contributed by atoms with Crippen molar-refractivity contribution in [2.75, 3.05) is 61.0 Å². The number of carbonyl (C=O) groups excluding carboxylic acids is 4. The largest absolute Gasteiger partial charge is 0.509 e. The van der Waals surface area contributed by atoms with Crippen molar-refractivity contribution in [1.82, 2.24) is 20.4 Å². The molecule has 4 heterocycles. The monoisotopic (exact) mass is 842 g/mol. The molecule has 2 unspecified atom stereocenters. The number of rotatable bonds is 3. The van der Waals surface area contributed by atoms with Crippen molar-refractivity contribution in [3.05, 3.63) is 79.2 Å². The zero-order valence-electron chi connectivity index (χ0n) is 32.7. The van der Waals surface area contributed by atoms with Crippen LogP contribution in [-0.4, -0.2) is 110 Å². The van der Waals surface area contributed by atoms with Gasteiger partial charge < -0.3 is 39.8 Å². The molecular weight excluding hydrogens is 794 g/mol. The first-order chi connectivity index (χ1) is 25.8. The number of alkyl halides is 1. The number of hydrogen-bond acceptors (Lipinski definition) is 8. The van der Waals surface area contributed by atoms with Crippen LogP contribution >= 0.6 is 46.4 Å². The van der Waals surface area contributed by atoms with Gasteiger partial charge in [-0.3, -0.25) is 14.4 Å². The van der Waals surface area contributed by atoms with Crippen molar-refractivity contribution >= 4 is 80.8 Å². The number of hydrogen-bond donors (Lipinski definition) is 3. The van der Waals surface area contributed by atoms with Crippen LogP contribution in [0.3, 0.4) is 0 Å². The highest BCUT2D eigenvalue weighted by Crippen LogP contribution is 2.43. The van der Waals surface area contributed by atoms with Gasteiger partial charge in [-0.25, -0.2) is 4.79 Å². The van der Waals surface area contributed by atoms with Crippen molar-refractivity contribution < 1.29 is 38.5 Å². The standard InChI is InChI=1S/C19H23ClN2O4.C16H18ClNO3.C3H6ClNO.CH3Cl/c1-11-8-12(2)14(13(20)9-11)15-16(26-18(24)22(3)4)19(21-17(15)23)6-5-7-25-10-19;1-9-6-10(2)12(11(17)7-9)13-14(19)16(18-15(13)20)4-3-5-21-8-16;1-5(2)3(4)6;1-2/h8-9H,5-7,10H2,1-4H3,(H,21,23);6-7,19H,3-5,8H2,1-2H3,(H,18,20);1-2H3;1H3. The minimum absolute atomic E-state index is 0.0565. The Morgan fingerprint density at radius 1 is 0.745 bits per heavy atom. The van der Waals surface area contributed by atoms with Crippen LogP contribution < -0.4 is 10.6 Å². The molecule has 0 aromatic heterocycles. The smallest absolute Gasteiger partial charge is 0.414 e. The molecule has 55 heavy (non-hydrogen) atoms. The van der Waals surface area contributed by atoms with Crippen molar-refractivity contribution in [3.63, 3.8) is 0 Å². The van der Waals surface area contributed by atoms with Gasteiger partial charge in [0.2, 0.25) is 0 Å². The van der Waals surface area contributed by atoms with Crippen LogP contribution in [0.5, 0.6) is 0 Å².